The van der Waals surface area contributed by atoms with Crippen molar-refractivity contribution in [2.24, 2.45) is 5.84 Å². The third-order valence-corrected chi connectivity index (χ3v) is 14.0. The molecule has 0 aliphatic carbocycles. The average Bonchev–Trinajstić information content (AvgIpc) is 1.67. The number of hydrazine groups is 1. The van der Waals surface area contributed by atoms with Gasteiger partial charge in [0.1, 0.15) is 31.5 Å². The molecule has 0 bridgehead atoms. The number of ether oxygens (including phenoxy) is 5. The number of fused-ring (bicyclic) bond motifs is 2. The fourth-order valence-electron chi connectivity index (χ4n) is 6.64. The monoisotopic (exact) mass is 1540 g/mol. The summed E-state index contributed by atoms with van der Waals surface area (Å²) in [5.74, 6) is 6.91. The Morgan fingerprint density at radius 2 is 1.02 bits per heavy atom. The summed E-state index contributed by atoms with van der Waals surface area (Å²) in [6.45, 7) is 14.3. The smallest absolute Gasteiger partial charge is 0.481 e. The normalized spacial score (nSPS) is 12.6. The van der Waals surface area contributed by atoms with E-state index in [-0.39, 0.29) is 74.2 Å². The number of carboxylic acids is 1. The summed E-state index contributed by atoms with van der Waals surface area (Å²) >= 11 is 9.90. The molecular weight excluding hydrogens is 1450 g/mol. The summed E-state index contributed by atoms with van der Waals surface area (Å²) in [6, 6.07) is 20.8. The Labute approximate surface area is 577 Å². The molecule has 0 atom stereocenters. The number of hydrogen-bond acceptors (Lipinski definition) is 20. The van der Waals surface area contributed by atoms with Crippen molar-refractivity contribution < 1.29 is 74.0 Å². The van der Waals surface area contributed by atoms with E-state index < -0.39 is 47.8 Å². The second kappa shape index (κ2) is 40.5. The second-order valence-corrected chi connectivity index (χ2v) is 23.6. The number of halogens is 9. The van der Waals surface area contributed by atoms with Crippen LogP contribution in [0.5, 0.6) is 11.8 Å². The quantitative estimate of drug-likeness (QED) is 0.0285. The zero-order chi connectivity index (χ0) is 67.3. The number of anilines is 2. The highest BCUT2D eigenvalue weighted by Crippen LogP contribution is 2.38. The summed E-state index contributed by atoms with van der Waals surface area (Å²) in [6.07, 6.45) is 1.19. The number of nitrogens with two attached hydrogens (primary N) is 1. The molecule has 8 aromatic rings. The number of hydrogen-bond donors (Lipinski definition) is 4. The molecule has 0 spiro atoms. The van der Waals surface area contributed by atoms with Crippen molar-refractivity contribution in [3.05, 3.63) is 135 Å². The third-order valence-electron chi connectivity index (χ3n) is 12.6. The molecule has 528 valence electrons. The Kier molecular flexibility index (Phi) is 38.5. The van der Waals surface area contributed by atoms with Gasteiger partial charge in [-0.2, -0.15) is 26.3 Å². The first-order valence-electron chi connectivity index (χ1n) is 26.9. The van der Waals surface area contributed by atoms with Gasteiger partial charge in [0.2, 0.25) is 11.8 Å². The standard InChI is InChI=1S/C17H17F3N4O2.C15H21BF3NO3.C9H11BrN2O2.C8H8BrN3O.C5H6BrN3.C3H6O2.5CH4/c1-16(2,17(18,19)20)26-15-7-5-11(8-21-15)12-4-6-13-22-23-14(10-25-3)24(13)9-12;1-12(2)13(3,4)23-16(22-12)10-7-8-11(20-9-10)21-14(5,6)15(17,18)19;1-14-6-8(13)5-12-9-3-2-7(10)4-11-9;1-13-5-8-11-10-7-3-2-6(9)4-12(7)8;6-4-1-2-5(9-7)8-3-4;1-2-3(4)5;;;;;/h4-9H,10H2,1-3H3;7-9H,1-6H3;2-4H,5-6H2,1H3,(H,11,12);2-4H,5H2,1H3;1-3H,7H2,(H,8,9);2H2,1H3,(H,4,5);5*1H4. The second-order valence-electron chi connectivity index (χ2n) is 20.9. The van der Waals surface area contributed by atoms with Gasteiger partial charge in [0.15, 0.2) is 39.9 Å². The Hall–Kier alpha value is -6.98. The van der Waals surface area contributed by atoms with Crippen LogP contribution >= 0.6 is 47.8 Å². The molecule has 1 aliphatic heterocycles. The molecule has 33 heteroatoms. The summed E-state index contributed by atoms with van der Waals surface area (Å²) in [7, 11) is 4.09. The highest BCUT2D eigenvalue weighted by Gasteiger charge is 2.53. The molecule has 8 aromatic heterocycles. The lowest BCUT2D eigenvalue weighted by Crippen LogP contribution is -2.45. The maximum absolute atomic E-state index is 12.9. The van der Waals surface area contributed by atoms with E-state index >= 15 is 0 Å². The van der Waals surface area contributed by atoms with E-state index in [1.165, 1.54) is 31.6 Å². The minimum Gasteiger partial charge on any atom is -0.481 e. The summed E-state index contributed by atoms with van der Waals surface area (Å²) in [5.41, 5.74) is 0.452. The van der Waals surface area contributed by atoms with Crippen molar-refractivity contribution in [1.29, 1.82) is 0 Å². The number of nitrogens with zero attached hydrogens (tertiary/aromatic N) is 10. The number of carboxylic acid groups (broad SMARTS) is 1. The molecule has 0 unspecified atom stereocenters. The number of rotatable bonds is 17. The first kappa shape index (κ1) is 90.1. The van der Waals surface area contributed by atoms with Gasteiger partial charge in [0.25, 0.3) is 0 Å². The van der Waals surface area contributed by atoms with Gasteiger partial charge in [-0.15, -0.1) is 20.4 Å². The van der Waals surface area contributed by atoms with Crippen molar-refractivity contribution >= 4 is 95.1 Å². The van der Waals surface area contributed by atoms with Crippen molar-refractivity contribution in [2.75, 3.05) is 45.2 Å². The van der Waals surface area contributed by atoms with Crippen molar-refractivity contribution in [3.8, 4) is 22.9 Å². The van der Waals surface area contributed by atoms with Crippen LogP contribution in [-0.2, 0) is 46.3 Å². The molecule has 0 aromatic carbocycles. The van der Waals surface area contributed by atoms with Gasteiger partial charge in [0, 0.05) is 101 Å². The first-order valence-corrected chi connectivity index (χ1v) is 29.2. The van der Waals surface area contributed by atoms with Crippen LogP contribution < -0.4 is 31.5 Å². The van der Waals surface area contributed by atoms with E-state index in [4.69, 9.17) is 43.9 Å². The lowest BCUT2D eigenvalue weighted by molar-refractivity contribution is -0.235. The number of pyridine rings is 6. The molecular formula is C62H89BBr3F6N13O10. The van der Waals surface area contributed by atoms with Gasteiger partial charge >= 0.3 is 25.4 Å². The molecule has 23 nitrogen and oxygen atoms in total. The third kappa shape index (κ3) is 28.0. The van der Waals surface area contributed by atoms with Gasteiger partial charge in [-0.25, -0.2) is 25.8 Å². The molecule has 5 N–H and O–H groups in total. The van der Waals surface area contributed by atoms with Crippen LogP contribution in [-0.4, -0.2) is 142 Å². The van der Waals surface area contributed by atoms with E-state index in [0.29, 0.717) is 41.8 Å². The molecule has 1 fully saturated rings. The fraction of sp³-hybridized carbons (Fsp3) is 0.452. The molecule has 1 saturated heterocycles. The van der Waals surface area contributed by atoms with Crippen LogP contribution in [0.25, 0.3) is 22.4 Å². The lowest BCUT2D eigenvalue weighted by atomic mass is 9.80. The zero-order valence-corrected chi connectivity index (χ0v) is 55.8. The number of nitrogens with one attached hydrogen (secondary N) is 2. The Morgan fingerprint density at radius 1 is 0.589 bits per heavy atom. The van der Waals surface area contributed by atoms with E-state index in [2.05, 4.69) is 98.9 Å². The molecule has 0 saturated carbocycles. The van der Waals surface area contributed by atoms with Crippen molar-refractivity contribution in [1.82, 2.24) is 49.1 Å². The summed E-state index contributed by atoms with van der Waals surface area (Å²) in [5, 5.41) is 26.7. The fourth-order valence-corrected chi connectivity index (χ4v) is 7.45. The number of carbonyl (C=O) groups is 2. The number of ketones is 1. The van der Waals surface area contributed by atoms with Gasteiger partial charge < -0.3 is 48.8 Å². The Morgan fingerprint density at radius 3 is 1.41 bits per heavy atom. The van der Waals surface area contributed by atoms with Crippen LogP contribution in [0.4, 0.5) is 38.0 Å². The highest BCUT2D eigenvalue weighted by atomic mass is 79.9. The number of nitrogen functional groups attached to an aromatic ring is 1. The molecule has 1 aliphatic rings. The largest absolute Gasteiger partial charge is 0.496 e. The number of aliphatic carboxylic acids is 1. The topological polar surface area (TPSA) is 281 Å². The maximum Gasteiger partial charge on any atom is 0.496 e. The number of alkyl halides is 6. The average molecular weight is 1540 g/mol. The summed E-state index contributed by atoms with van der Waals surface area (Å²) in [4.78, 5) is 36.3. The molecule has 9 heterocycles. The van der Waals surface area contributed by atoms with E-state index in [1.807, 2.05) is 74.8 Å². The molecule has 0 radical (unpaired) electrons. The van der Waals surface area contributed by atoms with Crippen LogP contribution in [0.2, 0.25) is 0 Å². The number of carbonyl (C=O) groups excluding carboxylic acids is 1. The van der Waals surface area contributed by atoms with Crippen molar-refractivity contribution in [2.45, 2.75) is 154 Å². The minimum atomic E-state index is -4.50. The first-order chi connectivity index (χ1) is 42.1. The van der Waals surface area contributed by atoms with Gasteiger partial charge in [-0.3, -0.25) is 18.4 Å². The van der Waals surface area contributed by atoms with E-state index in [0.717, 1.165) is 63.7 Å². The molecule has 95 heavy (non-hydrogen) atoms. The molecule has 9 rings (SSSR count). The predicted molar refractivity (Wildman–Crippen MR) is 368 cm³/mol. The number of methoxy groups -OCH3 is 3. The number of aromatic nitrogens is 10. The molecule has 0 amide bonds. The lowest BCUT2D eigenvalue weighted by Gasteiger charge is -2.32. The minimum absolute atomic E-state index is 0. The SMILES string of the molecule is C.C.C.C.C.CC(C)(Oc1ccc(B2OC(C)(C)C(C)(C)O2)cn1)C(F)(F)F.CCC(=O)O.COCC(=O)CNc1ccc(Br)cn1.COCc1nnc2ccc(-c3ccc(OC(C)(C)C(F)(F)F)nc3)cn12.COCc1nnc2ccc(Br)cn12.NNc1ccc(Br)cn1. The zero-order valence-electron chi connectivity index (χ0n) is 51.1. The van der Waals surface area contributed by atoms with Gasteiger partial charge in [0.05, 0.1) is 17.7 Å². The highest BCUT2D eigenvalue weighted by molar-refractivity contribution is 9.11. The van der Waals surface area contributed by atoms with Gasteiger partial charge in [-0.05, 0) is 164 Å². The summed E-state index contributed by atoms with van der Waals surface area (Å²) < 4.78 is 120. The van der Waals surface area contributed by atoms with Crippen LogP contribution in [0.1, 0.15) is 118 Å². The van der Waals surface area contributed by atoms with E-state index in [9.17, 15) is 35.9 Å². The Balaban J connectivity index is 0. The van der Waals surface area contributed by atoms with Crippen LogP contribution in [0.3, 0.4) is 0 Å². The van der Waals surface area contributed by atoms with Crippen LogP contribution in [0, 0.1) is 0 Å². The Bertz CT molecular complexity index is 3500. The van der Waals surface area contributed by atoms with Crippen LogP contribution in [0.15, 0.2) is 123 Å². The maximum atomic E-state index is 12.9. The van der Waals surface area contributed by atoms with E-state index in [1.54, 1.807) is 68.3 Å². The predicted octanol–water partition coefficient (Wildman–Crippen LogP) is 14.7. The van der Waals surface area contributed by atoms with Gasteiger partial charge in [-0.1, -0.05) is 50.1 Å². The number of Topliss-reactive ketones (excluding diaryl/α,β-unsaturated/α-hetero) is 1. The van der Waals surface area contributed by atoms with Crippen molar-refractivity contribution in [3.63, 3.8) is 0 Å².